The number of amidine groups is 1. The van der Waals surface area contributed by atoms with E-state index in [1.54, 1.807) is 41.3 Å². The Labute approximate surface area is 242 Å². The van der Waals surface area contributed by atoms with Gasteiger partial charge in [0.15, 0.2) is 5.17 Å². The molecule has 0 N–H and O–H groups in total. The molecule has 1 aliphatic rings. The number of carbonyl (C=O) groups excluding carboxylic acids is 2. The van der Waals surface area contributed by atoms with Crippen LogP contribution in [0.25, 0.3) is 17.4 Å². The second-order valence-corrected chi connectivity index (χ2v) is 10.5. The van der Waals surface area contributed by atoms with Crippen molar-refractivity contribution in [3.8, 4) is 11.3 Å². The van der Waals surface area contributed by atoms with Gasteiger partial charge in [0.25, 0.3) is 5.91 Å². The maximum absolute atomic E-state index is 13.7. The van der Waals surface area contributed by atoms with Crippen LogP contribution in [0, 0.1) is 0 Å². The smallest absolute Gasteiger partial charge is 0.339 e. The Morgan fingerprint density at radius 3 is 2.27 bits per heavy atom. The highest BCUT2D eigenvalue weighted by molar-refractivity contribution is 8.19. The van der Waals surface area contributed by atoms with Crippen LogP contribution >= 0.6 is 23.4 Å². The summed E-state index contributed by atoms with van der Waals surface area (Å²) < 4.78 is 10.8. The molecule has 40 heavy (non-hydrogen) atoms. The number of ether oxygens (including phenoxy) is 1. The molecule has 1 aromatic heterocycles. The van der Waals surface area contributed by atoms with Gasteiger partial charge in [-0.2, -0.15) is 0 Å². The Hall–Kier alpha value is -4.07. The minimum absolute atomic E-state index is 0.179. The number of nitrogens with zero attached hydrogens (tertiary/aromatic N) is 2. The average Bonchev–Trinajstić information content (AvgIpc) is 3.57. The monoisotopic (exact) mass is 570 g/mol. The number of anilines is 1. The van der Waals surface area contributed by atoms with Crippen molar-refractivity contribution < 1.29 is 18.7 Å². The van der Waals surface area contributed by atoms with E-state index < -0.39 is 5.97 Å². The van der Waals surface area contributed by atoms with Crippen molar-refractivity contribution in [1.82, 2.24) is 0 Å². The van der Waals surface area contributed by atoms with Gasteiger partial charge in [0.2, 0.25) is 0 Å². The van der Waals surface area contributed by atoms with Crippen LogP contribution in [0.2, 0.25) is 5.02 Å². The molecule has 0 aliphatic carbocycles. The number of hydrogen-bond donors (Lipinski definition) is 0. The third-order valence-corrected chi connectivity index (χ3v) is 7.82. The predicted octanol–water partition coefficient (Wildman–Crippen LogP) is 8.32. The number of benzene rings is 3. The van der Waals surface area contributed by atoms with Crippen LogP contribution in [0.15, 0.2) is 93.2 Å². The molecule has 6 nitrogen and oxygen atoms in total. The molecule has 1 amide bonds. The topological polar surface area (TPSA) is 72.1 Å². The minimum Gasteiger partial charge on any atom is -0.465 e. The van der Waals surface area contributed by atoms with Gasteiger partial charge in [-0.3, -0.25) is 9.69 Å². The summed E-state index contributed by atoms with van der Waals surface area (Å²) >= 11 is 7.59. The molecule has 1 fully saturated rings. The molecular weight excluding hydrogens is 544 g/mol. The molecule has 5 rings (SSSR count). The maximum Gasteiger partial charge on any atom is 0.339 e. The van der Waals surface area contributed by atoms with Crippen molar-refractivity contribution in [2.75, 3.05) is 12.0 Å². The van der Waals surface area contributed by atoms with Gasteiger partial charge < -0.3 is 9.15 Å². The maximum atomic E-state index is 13.7. The second kappa shape index (κ2) is 12.0. The number of methoxy groups -OCH3 is 1. The highest BCUT2D eigenvalue weighted by Gasteiger charge is 2.35. The molecule has 0 saturated carbocycles. The molecule has 2 heterocycles. The van der Waals surface area contributed by atoms with Crippen LogP contribution in [-0.4, -0.2) is 24.2 Å². The molecule has 202 valence electrons. The summed E-state index contributed by atoms with van der Waals surface area (Å²) in [6.45, 7) is 4.20. The Bertz CT molecular complexity index is 1620. The van der Waals surface area contributed by atoms with Gasteiger partial charge >= 0.3 is 5.97 Å². The van der Waals surface area contributed by atoms with Crippen molar-refractivity contribution in [2.45, 2.75) is 26.7 Å². The third kappa shape index (κ3) is 5.76. The highest BCUT2D eigenvalue weighted by Crippen LogP contribution is 2.38. The number of rotatable bonds is 7. The fourth-order valence-corrected chi connectivity index (χ4v) is 5.47. The molecule has 4 aromatic rings. The van der Waals surface area contributed by atoms with Gasteiger partial charge in [0.1, 0.15) is 11.5 Å². The van der Waals surface area contributed by atoms with E-state index in [0.717, 1.165) is 24.2 Å². The molecule has 0 radical (unpaired) electrons. The minimum atomic E-state index is -0.508. The van der Waals surface area contributed by atoms with E-state index in [9.17, 15) is 9.59 Å². The van der Waals surface area contributed by atoms with Gasteiger partial charge in [0, 0.05) is 11.6 Å². The molecule has 1 aliphatic heterocycles. The van der Waals surface area contributed by atoms with Crippen molar-refractivity contribution in [3.63, 3.8) is 0 Å². The number of esters is 1. The first-order valence-corrected chi connectivity index (χ1v) is 14.1. The van der Waals surface area contributed by atoms with Gasteiger partial charge in [-0.1, -0.05) is 55.8 Å². The van der Waals surface area contributed by atoms with Crippen LogP contribution < -0.4 is 4.90 Å². The van der Waals surface area contributed by atoms with Gasteiger partial charge in [-0.15, -0.1) is 0 Å². The molecule has 8 heteroatoms. The Morgan fingerprint density at radius 1 is 0.975 bits per heavy atom. The van der Waals surface area contributed by atoms with E-state index >= 15 is 0 Å². The quantitative estimate of drug-likeness (QED) is 0.165. The van der Waals surface area contributed by atoms with Gasteiger partial charge in [-0.05, 0) is 84.3 Å². The number of hydrogen-bond acceptors (Lipinski definition) is 6. The molecule has 0 atom stereocenters. The Kier molecular flexibility index (Phi) is 8.24. The van der Waals surface area contributed by atoms with E-state index in [2.05, 4.69) is 13.8 Å². The van der Waals surface area contributed by atoms with Crippen molar-refractivity contribution in [3.05, 3.63) is 111 Å². The van der Waals surface area contributed by atoms with Crippen molar-refractivity contribution in [1.29, 1.82) is 0 Å². The van der Waals surface area contributed by atoms with Gasteiger partial charge in [-0.25, -0.2) is 9.79 Å². The van der Waals surface area contributed by atoms with Crippen LogP contribution in [0.1, 0.15) is 41.1 Å². The standard InChI is InChI=1S/C32H27ClN2O4S/c1-4-20-6-11-23(12-7-20)34-32-35(24-13-8-21(5-2)9-14-24)30(36)29(40-32)19-25-15-17-28(39-25)22-10-16-26(27(33)18-22)31(37)38-3/h6-19H,4-5H2,1-3H3/b29-19-,34-32?. The molecule has 3 aromatic carbocycles. The number of amides is 1. The lowest BCUT2D eigenvalue weighted by molar-refractivity contribution is -0.113. The zero-order chi connectivity index (χ0) is 28.2. The highest BCUT2D eigenvalue weighted by atomic mass is 35.5. The largest absolute Gasteiger partial charge is 0.465 e. The fourth-order valence-electron chi connectivity index (χ4n) is 4.23. The normalized spacial score (nSPS) is 15.3. The Morgan fingerprint density at radius 2 is 1.65 bits per heavy atom. The zero-order valence-electron chi connectivity index (χ0n) is 22.3. The first-order chi connectivity index (χ1) is 19.4. The predicted molar refractivity (Wildman–Crippen MR) is 162 cm³/mol. The summed E-state index contributed by atoms with van der Waals surface area (Å²) in [5, 5.41) is 0.835. The molecule has 1 saturated heterocycles. The van der Waals surface area contributed by atoms with E-state index in [-0.39, 0.29) is 16.5 Å². The van der Waals surface area contributed by atoms with Gasteiger partial charge in [0.05, 0.1) is 34.0 Å². The lowest BCUT2D eigenvalue weighted by Gasteiger charge is -2.16. The van der Waals surface area contributed by atoms with Crippen LogP contribution in [-0.2, 0) is 22.4 Å². The van der Waals surface area contributed by atoms with E-state index in [1.807, 2.05) is 48.5 Å². The first-order valence-electron chi connectivity index (χ1n) is 12.9. The average molecular weight is 571 g/mol. The van der Waals surface area contributed by atoms with Crippen LogP contribution in [0.5, 0.6) is 0 Å². The Balaban J connectivity index is 1.47. The van der Waals surface area contributed by atoms with Crippen molar-refractivity contribution in [2.24, 2.45) is 4.99 Å². The number of aryl methyl sites for hydroxylation is 2. The molecule has 0 spiro atoms. The number of halogens is 1. The summed E-state index contributed by atoms with van der Waals surface area (Å²) in [6.07, 6.45) is 3.58. The summed E-state index contributed by atoms with van der Waals surface area (Å²) in [5.74, 6) is 0.374. The SMILES string of the molecule is CCc1ccc(N=C2S/C(=C\c3ccc(-c4ccc(C(=O)OC)c(Cl)c4)o3)C(=O)N2c2ccc(CC)cc2)cc1. The molecular formula is C32H27ClN2O4S. The lowest BCUT2D eigenvalue weighted by Crippen LogP contribution is -2.28. The van der Waals surface area contributed by atoms with E-state index in [4.69, 9.17) is 25.7 Å². The number of furan rings is 1. The van der Waals surface area contributed by atoms with Crippen LogP contribution in [0.4, 0.5) is 11.4 Å². The van der Waals surface area contributed by atoms with Crippen molar-refractivity contribution >= 4 is 57.9 Å². The summed E-state index contributed by atoms with van der Waals surface area (Å²) in [7, 11) is 1.31. The summed E-state index contributed by atoms with van der Waals surface area (Å²) in [6, 6.07) is 24.5. The first kappa shape index (κ1) is 27.5. The molecule has 0 unspecified atom stereocenters. The van der Waals surface area contributed by atoms with E-state index in [1.165, 1.54) is 30.0 Å². The molecule has 0 bridgehead atoms. The van der Waals surface area contributed by atoms with Crippen LogP contribution in [0.3, 0.4) is 0 Å². The zero-order valence-corrected chi connectivity index (χ0v) is 23.9. The lowest BCUT2D eigenvalue weighted by atomic mass is 10.1. The summed E-state index contributed by atoms with van der Waals surface area (Å²) in [4.78, 5) is 32.5. The van der Waals surface area contributed by atoms with E-state index in [0.29, 0.717) is 27.2 Å². The summed E-state index contributed by atoms with van der Waals surface area (Å²) in [5.41, 5.74) is 4.91. The third-order valence-electron chi connectivity index (χ3n) is 6.54. The fraction of sp³-hybridized carbons (Fsp3) is 0.156. The number of carbonyl (C=O) groups is 2. The number of thioether (sulfide) groups is 1. The number of aliphatic imine (C=N–C) groups is 1. The second-order valence-electron chi connectivity index (χ2n) is 9.07.